The first kappa shape index (κ1) is 18.3. The van der Waals surface area contributed by atoms with E-state index in [4.69, 9.17) is 9.84 Å². The van der Waals surface area contributed by atoms with Crippen LogP contribution in [0.15, 0.2) is 30.3 Å². The Morgan fingerprint density at radius 3 is 2.75 bits per heavy atom. The van der Waals surface area contributed by atoms with Gasteiger partial charge in [-0.05, 0) is 30.7 Å². The Hall–Kier alpha value is -3.07. The zero-order valence-electron chi connectivity index (χ0n) is 14.6. The highest BCUT2D eigenvalue weighted by Crippen LogP contribution is 2.39. The summed E-state index contributed by atoms with van der Waals surface area (Å²) in [6.07, 6.45) is -1.68. The van der Waals surface area contributed by atoms with Crippen molar-refractivity contribution < 1.29 is 28.2 Å². The summed E-state index contributed by atoms with van der Waals surface area (Å²) in [6, 6.07) is 7.21. The van der Waals surface area contributed by atoms with E-state index < -0.39 is 36.0 Å². The molecule has 9 heteroatoms. The normalized spacial score (nSPS) is 16.2. The third-order valence-electron chi connectivity index (χ3n) is 4.43. The number of aryl methyl sites for hydroxylation is 1. The number of thiazole rings is 1. The molecule has 0 aliphatic carbocycles. The van der Waals surface area contributed by atoms with Crippen LogP contribution in [0.1, 0.15) is 17.0 Å². The summed E-state index contributed by atoms with van der Waals surface area (Å²) < 4.78 is 33.6. The molecule has 0 fully saturated rings. The molecule has 2 aromatic carbocycles. The Morgan fingerprint density at radius 2 is 2.04 bits per heavy atom. The Bertz CT molecular complexity index is 1080. The predicted molar refractivity (Wildman–Crippen MR) is 98.6 cm³/mol. The van der Waals surface area contributed by atoms with Crippen molar-refractivity contribution in [1.82, 2.24) is 4.98 Å². The van der Waals surface area contributed by atoms with Crippen molar-refractivity contribution in [3.05, 3.63) is 52.5 Å². The highest BCUT2D eigenvalue weighted by molar-refractivity contribution is 7.18. The molecule has 1 unspecified atom stereocenters. The quantitative estimate of drug-likeness (QED) is 0.718. The smallest absolute Gasteiger partial charge is 0.307 e. The molecule has 0 bridgehead atoms. The fourth-order valence-corrected chi connectivity index (χ4v) is 4.17. The van der Waals surface area contributed by atoms with Gasteiger partial charge in [-0.1, -0.05) is 12.1 Å². The zero-order chi connectivity index (χ0) is 20.0. The van der Waals surface area contributed by atoms with Gasteiger partial charge in [0.15, 0.2) is 11.9 Å². The molecule has 1 aliphatic rings. The fourth-order valence-electron chi connectivity index (χ4n) is 3.20. The lowest BCUT2D eigenvalue weighted by atomic mass is 10.1. The molecule has 2 heterocycles. The van der Waals surface area contributed by atoms with E-state index in [0.717, 1.165) is 29.0 Å². The standard InChI is InChI=1S/C19H14F2N2O4S/c1-9-3-2-4-12-17(9)23(19(26)13(27-12)7-15(24)25)8-14-22-16-10(20)5-6-11(21)18(16)28-14/h2-6,13H,7-8H2,1H3,(H,24,25). The van der Waals surface area contributed by atoms with Gasteiger partial charge < -0.3 is 9.84 Å². The maximum Gasteiger partial charge on any atom is 0.307 e. The van der Waals surface area contributed by atoms with E-state index in [1.165, 1.54) is 4.90 Å². The van der Waals surface area contributed by atoms with E-state index >= 15 is 0 Å². The summed E-state index contributed by atoms with van der Waals surface area (Å²) in [7, 11) is 0. The molecule has 3 aromatic rings. The van der Waals surface area contributed by atoms with E-state index in [-0.39, 0.29) is 16.8 Å². The maximum atomic E-state index is 14.0. The second-order valence-electron chi connectivity index (χ2n) is 6.36. The summed E-state index contributed by atoms with van der Waals surface area (Å²) in [5.41, 5.74) is 1.15. The number of benzene rings is 2. The largest absolute Gasteiger partial charge is 0.481 e. The van der Waals surface area contributed by atoms with Gasteiger partial charge in [-0.15, -0.1) is 11.3 Å². The molecule has 4 rings (SSSR count). The molecular formula is C19H14F2N2O4S. The summed E-state index contributed by atoms with van der Waals surface area (Å²) in [5.74, 6) is -2.56. The van der Waals surface area contributed by atoms with Crippen LogP contribution in [0.5, 0.6) is 5.75 Å². The van der Waals surface area contributed by atoms with Crippen LogP contribution < -0.4 is 9.64 Å². The number of carboxylic acid groups (broad SMARTS) is 1. The number of amides is 1. The van der Waals surface area contributed by atoms with Crippen molar-refractivity contribution in [2.24, 2.45) is 0 Å². The van der Waals surface area contributed by atoms with Crippen molar-refractivity contribution in [2.75, 3.05) is 4.90 Å². The number of nitrogens with zero attached hydrogens (tertiary/aromatic N) is 2. The van der Waals surface area contributed by atoms with Crippen molar-refractivity contribution in [3.63, 3.8) is 0 Å². The molecule has 0 saturated carbocycles. The number of anilines is 1. The van der Waals surface area contributed by atoms with Gasteiger partial charge in [0.2, 0.25) is 0 Å². The number of aromatic nitrogens is 1. The minimum atomic E-state index is -1.19. The third-order valence-corrected chi connectivity index (χ3v) is 5.47. The number of rotatable bonds is 4. The molecule has 1 atom stereocenters. The topological polar surface area (TPSA) is 79.7 Å². The number of ether oxygens (including phenoxy) is 1. The van der Waals surface area contributed by atoms with Crippen molar-refractivity contribution in [1.29, 1.82) is 0 Å². The van der Waals surface area contributed by atoms with Crippen molar-refractivity contribution in [2.45, 2.75) is 26.0 Å². The van der Waals surface area contributed by atoms with E-state index in [1.807, 2.05) is 0 Å². The molecule has 1 aromatic heterocycles. The minimum absolute atomic E-state index is 0.0472. The van der Waals surface area contributed by atoms with Crippen molar-refractivity contribution >= 4 is 39.1 Å². The number of hydrogen-bond donors (Lipinski definition) is 1. The Labute approximate surface area is 162 Å². The molecule has 0 spiro atoms. The van der Waals surface area contributed by atoms with Gasteiger partial charge in [0, 0.05) is 0 Å². The Balaban J connectivity index is 1.77. The number of hydrogen-bond acceptors (Lipinski definition) is 5. The van der Waals surface area contributed by atoms with Crippen LogP contribution in [0.2, 0.25) is 0 Å². The zero-order valence-corrected chi connectivity index (χ0v) is 15.4. The average Bonchev–Trinajstić information content (AvgIpc) is 3.07. The predicted octanol–water partition coefficient (Wildman–Crippen LogP) is 3.65. The first-order valence-electron chi connectivity index (χ1n) is 8.38. The second-order valence-corrected chi connectivity index (χ2v) is 7.45. The number of halogens is 2. The van der Waals surface area contributed by atoms with E-state index in [9.17, 15) is 18.4 Å². The first-order chi connectivity index (χ1) is 13.3. The molecule has 144 valence electrons. The van der Waals surface area contributed by atoms with Crippen LogP contribution in [-0.4, -0.2) is 28.1 Å². The number of fused-ring (bicyclic) bond motifs is 2. The summed E-state index contributed by atoms with van der Waals surface area (Å²) in [4.78, 5) is 29.5. The molecule has 0 radical (unpaired) electrons. The molecule has 1 amide bonds. The number of carbonyl (C=O) groups is 2. The summed E-state index contributed by atoms with van der Waals surface area (Å²) in [5, 5.41) is 9.41. The minimum Gasteiger partial charge on any atom is -0.481 e. The maximum absolute atomic E-state index is 14.0. The molecule has 1 aliphatic heterocycles. The molecule has 1 N–H and O–H groups in total. The Morgan fingerprint density at radius 1 is 1.29 bits per heavy atom. The van der Waals surface area contributed by atoms with Gasteiger partial charge in [0.1, 0.15) is 22.1 Å². The van der Waals surface area contributed by atoms with Crippen LogP contribution in [-0.2, 0) is 16.1 Å². The number of para-hydroxylation sites is 1. The number of carbonyl (C=O) groups excluding carboxylic acids is 1. The van der Waals surface area contributed by atoms with Gasteiger partial charge in [0.25, 0.3) is 5.91 Å². The van der Waals surface area contributed by atoms with Crippen LogP contribution in [0.3, 0.4) is 0 Å². The number of aliphatic carboxylic acids is 1. The third kappa shape index (κ3) is 3.07. The van der Waals surface area contributed by atoms with Crippen molar-refractivity contribution in [3.8, 4) is 5.75 Å². The van der Waals surface area contributed by atoms with Gasteiger partial charge in [-0.3, -0.25) is 14.5 Å². The summed E-state index contributed by atoms with van der Waals surface area (Å²) >= 11 is 0.952. The van der Waals surface area contributed by atoms with Crippen LogP contribution >= 0.6 is 11.3 Å². The van der Waals surface area contributed by atoms with E-state index in [2.05, 4.69) is 4.98 Å². The molecule has 28 heavy (non-hydrogen) atoms. The highest BCUT2D eigenvalue weighted by atomic mass is 32.1. The average molecular weight is 404 g/mol. The lowest BCUT2D eigenvalue weighted by Gasteiger charge is -2.34. The highest BCUT2D eigenvalue weighted by Gasteiger charge is 2.37. The van der Waals surface area contributed by atoms with Gasteiger partial charge in [-0.25, -0.2) is 13.8 Å². The monoisotopic (exact) mass is 404 g/mol. The van der Waals surface area contributed by atoms with Gasteiger partial charge in [-0.2, -0.15) is 0 Å². The lowest BCUT2D eigenvalue weighted by Crippen LogP contribution is -2.46. The summed E-state index contributed by atoms with van der Waals surface area (Å²) in [6.45, 7) is 1.74. The lowest BCUT2D eigenvalue weighted by molar-refractivity contribution is -0.142. The fraction of sp³-hybridized carbons (Fsp3) is 0.211. The molecule has 0 saturated heterocycles. The van der Waals surface area contributed by atoms with Crippen LogP contribution in [0, 0.1) is 18.6 Å². The molecular weight excluding hydrogens is 390 g/mol. The first-order valence-corrected chi connectivity index (χ1v) is 9.19. The van der Waals surface area contributed by atoms with Crippen LogP contribution in [0.4, 0.5) is 14.5 Å². The van der Waals surface area contributed by atoms with Gasteiger partial charge >= 0.3 is 5.97 Å². The second kappa shape index (κ2) is 6.83. The van der Waals surface area contributed by atoms with E-state index in [1.54, 1.807) is 25.1 Å². The number of carboxylic acids is 1. The SMILES string of the molecule is Cc1cccc2c1N(Cc1nc3c(F)ccc(F)c3s1)C(=O)C(CC(=O)O)O2. The Kier molecular flexibility index (Phi) is 4.46. The van der Waals surface area contributed by atoms with Crippen LogP contribution in [0.25, 0.3) is 10.2 Å². The van der Waals surface area contributed by atoms with E-state index in [0.29, 0.717) is 16.4 Å². The van der Waals surface area contributed by atoms with Gasteiger partial charge in [0.05, 0.1) is 23.4 Å². The molecule has 6 nitrogen and oxygen atoms in total.